The molecule has 3 aromatic heterocycles. The second kappa shape index (κ2) is 13.5. The van der Waals surface area contributed by atoms with Crippen LogP contribution in [0.1, 0.15) is 77.1 Å². The number of rotatable bonds is 5. The molecule has 2 aliphatic rings. The fourth-order valence-corrected chi connectivity index (χ4v) is 8.38. The first-order valence-electron chi connectivity index (χ1n) is 16.8. The molecule has 1 unspecified atom stereocenters. The van der Waals surface area contributed by atoms with Gasteiger partial charge >= 0.3 is 6.09 Å². The maximum absolute atomic E-state index is 17.2. The summed E-state index contributed by atoms with van der Waals surface area (Å²) in [6, 6.07) is 5.30. The summed E-state index contributed by atoms with van der Waals surface area (Å²) < 4.78 is 32.6. The molecule has 2 fully saturated rings. The van der Waals surface area contributed by atoms with Gasteiger partial charge < -0.3 is 14.4 Å². The zero-order chi connectivity index (χ0) is 35.5. The minimum Gasteiger partial charge on any atom is -0.444 e. The van der Waals surface area contributed by atoms with Crippen molar-refractivity contribution < 1.29 is 18.7 Å². The fourth-order valence-electron chi connectivity index (χ4n) is 7.35. The van der Waals surface area contributed by atoms with Crippen LogP contribution in [0.15, 0.2) is 29.6 Å². The third-order valence-electron chi connectivity index (χ3n) is 9.65. The van der Waals surface area contributed by atoms with Gasteiger partial charge in [0.2, 0.25) is 0 Å². The van der Waals surface area contributed by atoms with Gasteiger partial charge in [-0.25, -0.2) is 18.9 Å². The zero-order valence-corrected chi connectivity index (χ0v) is 30.9. The minimum absolute atomic E-state index is 0.147. The van der Waals surface area contributed by atoms with Crippen LogP contribution in [0, 0.1) is 24.1 Å². The van der Waals surface area contributed by atoms with Crippen molar-refractivity contribution >= 4 is 73.8 Å². The number of piperidine rings is 1. The molecule has 7 rings (SSSR count). The number of ether oxygens (including phenoxy) is 2. The third-order valence-corrected chi connectivity index (χ3v) is 11.0. The summed E-state index contributed by atoms with van der Waals surface area (Å²) in [6.07, 6.45) is 8.75. The van der Waals surface area contributed by atoms with Gasteiger partial charge in [0.1, 0.15) is 16.1 Å². The van der Waals surface area contributed by atoms with E-state index in [1.54, 1.807) is 23.4 Å². The van der Waals surface area contributed by atoms with Gasteiger partial charge in [-0.3, -0.25) is 4.68 Å². The Bertz CT molecular complexity index is 2180. The number of carbonyl (C=O) groups excluding carboxylic acids is 1. The van der Waals surface area contributed by atoms with Crippen LogP contribution in [0.25, 0.3) is 43.8 Å². The van der Waals surface area contributed by atoms with E-state index in [4.69, 9.17) is 42.8 Å². The Kier molecular flexibility index (Phi) is 9.39. The number of nitriles is 1. The van der Waals surface area contributed by atoms with E-state index in [0.717, 1.165) is 35.6 Å². The topological polar surface area (TPSA) is 111 Å². The molecule has 0 radical (unpaired) electrons. The van der Waals surface area contributed by atoms with E-state index < -0.39 is 17.5 Å². The Balaban J connectivity index is 1.36. The molecule has 2 aliphatic heterocycles. The van der Waals surface area contributed by atoms with Crippen molar-refractivity contribution in [3.63, 3.8) is 0 Å². The Morgan fingerprint density at radius 3 is 2.56 bits per heavy atom. The standard InChI is InChI=1S/C36H38Cl2FN7O3S/c1-19-25(37)16-27-23(17-42-46(27)28-8-6-7-13-48-28)29(19)30-26(38)15-22-32(31(30)39)43-34(50-5)24-18-41-45(33(22)24)21-10-12-44(20(14-21)9-11-40)35(47)49-36(2,3)4/h15-18,20-21,28H,6-10,12-14H2,1-5H3/t20-,21+,28?/m1/s1. The van der Waals surface area contributed by atoms with Crippen molar-refractivity contribution in [1.82, 2.24) is 29.4 Å². The number of nitrogens with zero attached hydrogens (tertiary/aromatic N) is 7. The molecule has 5 aromatic rings. The first kappa shape index (κ1) is 34.8. The molecule has 3 atom stereocenters. The molecule has 0 spiro atoms. The summed E-state index contributed by atoms with van der Waals surface area (Å²) in [5.74, 6) is -0.562. The number of amides is 1. The lowest BCUT2D eigenvalue weighted by Crippen LogP contribution is -2.48. The van der Waals surface area contributed by atoms with Crippen LogP contribution in [-0.2, 0) is 9.47 Å². The van der Waals surface area contributed by atoms with E-state index in [1.165, 1.54) is 11.8 Å². The van der Waals surface area contributed by atoms with Crippen molar-refractivity contribution in [2.45, 2.75) is 95.2 Å². The highest BCUT2D eigenvalue weighted by Crippen LogP contribution is 2.46. The van der Waals surface area contributed by atoms with Crippen molar-refractivity contribution in [2.24, 2.45) is 0 Å². The first-order valence-corrected chi connectivity index (χ1v) is 18.8. The van der Waals surface area contributed by atoms with Gasteiger partial charge in [0.25, 0.3) is 0 Å². The number of hydrogen-bond donors (Lipinski definition) is 0. The molecule has 0 aliphatic carbocycles. The number of aromatic nitrogens is 5. The van der Waals surface area contributed by atoms with E-state index >= 15 is 4.39 Å². The molecule has 0 saturated carbocycles. The molecule has 10 nitrogen and oxygen atoms in total. The lowest BCUT2D eigenvalue weighted by Gasteiger charge is -2.39. The van der Waals surface area contributed by atoms with E-state index in [-0.39, 0.29) is 40.8 Å². The highest BCUT2D eigenvalue weighted by atomic mass is 35.5. The molecule has 14 heteroatoms. The van der Waals surface area contributed by atoms with Crippen LogP contribution in [0.4, 0.5) is 9.18 Å². The smallest absolute Gasteiger partial charge is 0.410 e. The molecular weight excluding hydrogens is 700 g/mol. The number of thioether (sulfide) groups is 1. The summed E-state index contributed by atoms with van der Waals surface area (Å²) in [6.45, 7) is 8.35. The van der Waals surface area contributed by atoms with Gasteiger partial charge in [0.15, 0.2) is 12.0 Å². The quantitative estimate of drug-likeness (QED) is 0.164. The zero-order valence-electron chi connectivity index (χ0n) is 28.6. The van der Waals surface area contributed by atoms with Crippen molar-refractivity contribution in [1.29, 1.82) is 5.26 Å². The Labute approximate surface area is 303 Å². The molecule has 2 saturated heterocycles. The molecule has 1 amide bonds. The monoisotopic (exact) mass is 737 g/mol. The number of carbonyl (C=O) groups is 1. The molecule has 0 bridgehead atoms. The summed E-state index contributed by atoms with van der Waals surface area (Å²) in [5, 5.41) is 22.4. The van der Waals surface area contributed by atoms with Crippen LogP contribution < -0.4 is 0 Å². The SMILES string of the molecule is CSc1nc2c(F)c(-c3c(C)c(Cl)cc4c3cnn4C3CCCCO3)c(Cl)cc2c2c1cnn2[C@H]1CCN(C(=O)OC(C)(C)C)[C@H](CC#N)C1. The normalized spacial score (nSPS) is 20.1. The van der Waals surface area contributed by atoms with Crippen molar-refractivity contribution in [3.05, 3.63) is 46.0 Å². The minimum atomic E-state index is -0.661. The predicted octanol–water partition coefficient (Wildman–Crippen LogP) is 9.63. The summed E-state index contributed by atoms with van der Waals surface area (Å²) in [5.41, 5.74) is 2.40. The van der Waals surface area contributed by atoms with Crippen LogP contribution >= 0.6 is 35.0 Å². The number of halogens is 3. The molecule has 5 heterocycles. The van der Waals surface area contributed by atoms with Gasteiger partial charge in [0.05, 0.1) is 58.4 Å². The Morgan fingerprint density at radius 1 is 1.10 bits per heavy atom. The number of fused-ring (bicyclic) bond motifs is 4. The molecule has 262 valence electrons. The van der Waals surface area contributed by atoms with E-state index in [2.05, 4.69) is 11.2 Å². The van der Waals surface area contributed by atoms with E-state index in [9.17, 15) is 10.1 Å². The molecule has 2 aromatic carbocycles. The van der Waals surface area contributed by atoms with Crippen LogP contribution in [-0.4, -0.2) is 66.6 Å². The van der Waals surface area contributed by atoms with E-state index in [0.29, 0.717) is 58.1 Å². The van der Waals surface area contributed by atoms with Gasteiger partial charge in [-0.05, 0) is 83.8 Å². The predicted molar refractivity (Wildman–Crippen MR) is 194 cm³/mol. The number of pyridine rings is 1. The largest absolute Gasteiger partial charge is 0.444 e. The summed E-state index contributed by atoms with van der Waals surface area (Å²) in [7, 11) is 0. The summed E-state index contributed by atoms with van der Waals surface area (Å²) in [4.78, 5) is 19.5. The Hall–Kier alpha value is -3.63. The third kappa shape index (κ3) is 6.06. The molecular formula is C36H38Cl2FN7O3S. The van der Waals surface area contributed by atoms with Gasteiger partial charge in [-0.2, -0.15) is 15.5 Å². The lowest BCUT2D eigenvalue weighted by atomic mass is 9.94. The molecule has 0 N–H and O–H groups in total. The fraction of sp³-hybridized carbons (Fsp3) is 0.472. The second-order valence-electron chi connectivity index (χ2n) is 14.0. The number of hydrogen-bond acceptors (Lipinski definition) is 8. The first-order chi connectivity index (χ1) is 23.9. The lowest BCUT2D eigenvalue weighted by molar-refractivity contribution is -0.0366. The van der Waals surface area contributed by atoms with E-state index in [1.807, 2.05) is 49.4 Å². The maximum Gasteiger partial charge on any atom is 0.410 e. The highest BCUT2D eigenvalue weighted by Gasteiger charge is 2.36. The number of likely N-dealkylation sites (tertiary alicyclic amines) is 1. The van der Waals surface area contributed by atoms with Gasteiger partial charge in [-0.1, -0.05) is 23.2 Å². The van der Waals surface area contributed by atoms with Crippen LogP contribution in [0.2, 0.25) is 10.0 Å². The van der Waals surface area contributed by atoms with Crippen LogP contribution in [0.3, 0.4) is 0 Å². The maximum atomic E-state index is 17.2. The van der Waals surface area contributed by atoms with Crippen LogP contribution in [0.5, 0.6) is 0 Å². The Morgan fingerprint density at radius 2 is 1.86 bits per heavy atom. The molecule has 50 heavy (non-hydrogen) atoms. The van der Waals surface area contributed by atoms with Gasteiger partial charge in [0, 0.05) is 40.1 Å². The average molecular weight is 739 g/mol. The summed E-state index contributed by atoms with van der Waals surface area (Å²) >= 11 is 15.3. The average Bonchev–Trinajstić information content (AvgIpc) is 3.71. The van der Waals surface area contributed by atoms with Crippen molar-refractivity contribution in [3.8, 4) is 17.2 Å². The second-order valence-corrected chi connectivity index (χ2v) is 15.6. The van der Waals surface area contributed by atoms with Gasteiger partial charge in [-0.15, -0.1) is 11.8 Å². The highest BCUT2D eigenvalue weighted by molar-refractivity contribution is 7.98. The van der Waals surface area contributed by atoms with Crippen molar-refractivity contribution in [2.75, 3.05) is 19.4 Å². The number of benzene rings is 2.